The number of rotatable bonds is 4. The van der Waals surface area contributed by atoms with Crippen LogP contribution in [0.5, 0.6) is 0 Å². The van der Waals surface area contributed by atoms with Gasteiger partial charge in [0.1, 0.15) is 0 Å². The third-order valence-corrected chi connectivity index (χ3v) is 2.03. The van der Waals surface area contributed by atoms with Crippen LogP contribution in [0, 0.1) is 0 Å². The molecular weight excluding hydrogens is 156 g/mol. The fraction of sp³-hybridized carbons (Fsp3) is 0.875. The van der Waals surface area contributed by atoms with E-state index in [1.165, 1.54) is 19.3 Å². The monoisotopic (exact) mass is 172 g/mol. The van der Waals surface area contributed by atoms with Crippen molar-refractivity contribution in [2.24, 2.45) is 0 Å². The molecule has 1 saturated heterocycles. The number of hydrazine groups is 1. The quantitative estimate of drug-likeness (QED) is 0.646. The molecule has 1 aliphatic heterocycles. The maximum atomic E-state index is 10.2. The van der Waals surface area contributed by atoms with Gasteiger partial charge < -0.3 is 5.11 Å². The van der Waals surface area contributed by atoms with Crippen molar-refractivity contribution in [1.29, 1.82) is 0 Å². The van der Waals surface area contributed by atoms with Gasteiger partial charge in [-0.25, -0.2) is 5.01 Å². The number of carbonyl (C=O) groups is 1. The molecule has 4 heteroatoms. The molecule has 0 bridgehead atoms. The van der Waals surface area contributed by atoms with Crippen molar-refractivity contribution < 1.29 is 9.90 Å². The third kappa shape index (κ3) is 3.69. The van der Waals surface area contributed by atoms with Crippen LogP contribution in [0.2, 0.25) is 0 Å². The smallest absolute Gasteiger partial charge is 0.304 e. The highest BCUT2D eigenvalue weighted by molar-refractivity contribution is 5.66. The van der Waals surface area contributed by atoms with E-state index in [4.69, 9.17) is 5.11 Å². The summed E-state index contributed by atoms with van der Waals surface area (Å²) in [5.41, 5.74) is 3.11. The lowest BCUT2D eigenvalue weighted by atomic mass is 10.2. The van der Waals surface area contributed by atoms with Crippen LogP contribution in [0.1, 0.15) is 25.7 Å². The predicted molar refractivity (Wildman–Crippen MR) is 45.7 cm³/mol. The first-order chi connectivity index (χ1) is 5.79. The molecular formula is C8H16N2O2. The third-order valence-electron chi connectivity index (χ3n) is 2.03. The second kappa shape index (κ2) is 5.11. The van der Waals surface area contributed by atoms with Crippen molar-refractivity contribution in [3.05, 3.63) is 0 Å². The van der Waals surface area contributed by atoms with Gasteiger partial charge in [0.15, 0.2) is 0 Å². The van der Waals surface area contributed by atoms with E-state index >= 15 is 0 Å². The summed E-state index contributed by atoms with van der Waals surface area (Å²) < 4.78 is 0. The lowest BCUT2D eigenvalue weighted by Gasteiger charge is -2.26. The molecule has 70 valence electrons. The summed E-state index contributed by atoms with van der Waals surface area (Å²) in [7, 11) is 0. The predicted octanol–water partition coefficient (Wildman–Crippen LogP) is 0.452. The number of carboxylic acid groups (broad SMARTS) is 1. The normalized spacial score (nSPS) is 19.3. The van der Waals surface area contributed by atoms with Crippen LogP contribution >= 0.6 is 0 Å². The maximum Gasteiger partial charge on any atom is 0.304 e. The number of hydrogen-bond donors (Lipinski definition) is 2. The molecule has 0 amide bonds. The minimum absolute atomic E-state index is 0.205. The van der Waals surface area contributed by atoms with Crippen molar-refractivity contribution in [1.82, 2.24) is 10.4 Å². The molecule has 0 spiro atoms. The highest BCUT2D eigenvalue weighted by Crippen LogP contribution is 2.05. The molecule has 0 radical (unpaired) electrons. The maximum absolute atomic E-state index is 10.2. The van der Waals surface area contributed by atoms with Gasteiger partial charge in [-0.05, 0) is 12.8 Å². The van der Waals surface area contributed by atoms with Crippen LogP contribution in [0.3, 0.4) is 0 Å². The molecule has 1 fully saturated rings. The van der Waals surface area contributed by atoms with Gasteiger partial charge in [0.05, 0.1) is 6.42 Å². The molecule has 0 aromatic rings. The molecule has 4 nitrogen and oxygen atoms in total. The molecule has 0 unspecified atom stereocenters. The first kappa shape index (κ1) is 9.48. The molecule has 1 heterocycles. The summed E-state index contributed by atoms with van der Waals surface area (Å²) in [6.45, 7) is 2.66. The first-order valence-corrected chi connectivity index (χ1v) is 4.49. The van der Waals surface area contributed by atoms with E-state index in [2.05, 4.69) is 10.4 Å². The molecule has 0 aliphatic carbocycles. The van der Waals surface area contributed by atoms with Gasteiger partial charge in [-0.2, -0.15) is 0 Å². The lowest BCUT2D eigenvalue weighted by molar-refractivity contribution is -0.137. The van der Waals surface area contributed by atoms with Crippen molar-refractivity contribution in [2.75, 3.05) is 19.6 Å². The van der Waals surface area contributed by atoms with Crippen LogP contribution in [0.4, 0.5) is 0 Å². The van der Waals surface area contributed by atoms with Crippen molar-refractivity contribution in [3.8, 4) is 0 Å². The zero-order valence-electron chi connectivity index (χ0n) is 7.25. The van der Waals surface area contributed by atoms with Crippen molar-refractivity contribution >= 4 is 5.97 Å². The van der Waals surface area contributed by atoms with E-state index in [0.717, 1.165) is 13.1 Å². The Labute approximate surface area is 72.5 Å². The zero-order valence-corrected chi connectivity index (χ0v) is 7.25. The number of aliphatic carboxylic acids is 1. The van der Waals surface area contributed by atoms with Gasteiger partial charge in [0, 0.05) is 19.6 Å². The van der Waals surface area contributed by atoms with Gasteiger partial charge in [-0.1, -0.05) is 6.42 Å². The average molecular weight is 172 g/mol. The van der Waals surface area contributed by atoms with Gasteiger partial charge in [-0.3, -0.25) is 10.2 Å². The second-order valence-corrected chi connectivity index (χ2v) is 3.10. The molecule has 0 saturated carbocycles. The van der Waals surface area contributed by atoms with Crippen LogP contribution in [0.25, 0.3) is 0 Å². The molecule has 1 aliphatic rings. The number of carboxylic acids is 1. The number of nitrogens with zero attached hydrogens (tertiary/aromatic N) is 1. The summed E-state index contributed by atoms with van der Waals surface area (Å²) >= 11 is 0. The van der Waals surface area contributed by atoms with E-state index in [0.29, 0.717) is 6.54 Å². The van der Waals surface area contributed by atoms with Crippen LogP contribution in [0.15, 0.2) is 0 Å². The zero-order chi connectivity index (χ0) is 8.81. The SMILES string of the molecule is O=C(O)CCNN1CCCCC1. The Morgan fingerprint density at radius 1 is 1.33 bits per heavy atom. The Hall–Kier alpha value is -0.610. The van der Waals surface area contributed by atoms with E-state index < -0.39 is 5.97 Å². The lowest BCUT2D eigenvalue weighted by Crippen LogP contribution is -2.42. The Balaban J connectivity index is 2.01. The average Bonchev–Trinajstić information content (AvgIpc) is 2.05. The summed E-state index contributed by atoms with van der Waals surface area (Å²) in [5, 5.41) is 10.5. The Bertz CT molecular complexity index is 144. The molecule has 0 aromatic heterocycles. The number of hydrogen-bond acceptors (Lipinski definition) is 3. The van der Waals surface area contributed by atoms with Crippen molar-refractivity contribution in [2.45, 2.75) is 25.7 Å². The topological polar surface area (TPSA) is 52.6 Å². The van der Waals surface area contributed by atoms with E-state index in [1.807, 2.05) is 0 Å². The standard InChI is InChI=1S/C8H16N2O2/c11-8(12)4-5-9-10-6-2-1-3-7-10/h9H,1-7H2,(H,11,12). The minimum Gasteiger partial charge on any atom is -0.481 e. The largest absolute Gasteiger partial charge is 0.481 e. The molecule has 2 N–H and O–H groups in total. The highest BCUT2D eigenvalue weighted by atomic mass is 16.4. The molecule has 1 rings (SSSR count). The van der Waals surface area contributed by atoms with Gasteiger partial charge in [0.25, 0.3) is 0 Å². The summed E-state index contributed by atoms with van der Waals surface area (Å²) in [6, 6.07) is 0. The van der Waals surface area contributed by atoms with Crippen LogP contribution in [-0.4, -0.2) is 35.7 Å². The van der Waals surface area contributed by atoms with Gasteiger partial charge in [0.2, 0.25) is 0 Å². The molecule has 0 aromatic carbocycles. The fourth-order valence-corrected chi connectivity index (χ4v) is 1.37. The van der Waals surface area contributed by atoms with Crippen molar-refractivity contribution in [3.63, 3.8) is 0 Å². The summed E-state index contributed by atoms with van der Waals surface area (Å²) in [5.74, 6) is -0.737. The summed E-state index contributed by atoms with van der Waals surface area (Å²) in [6.07, 6.45) is 3.95. The molecule has 0 atom stereocenters. The Morgan fingerprint density at radius 3 is 2.58 bits per heavy atom. The van der Waals surface area contributed by atoms with E-state index in [1.54, 1.807) is 0 Å². The summed E-state index contributed by atoms with van der Waals surface area (Å²) in [4.78, 5) is 10.2. The Kier molecular flexibility index (Phi) is 4.04. The van der Waals surface area contributed by atoms with Crippen LogP contribution < -0.4 is 5.43 Å². The minimum atomic E-state index is -0.737. The fourth-order valence-electron chi connectivity index (χ4n) is 1.37. The first-order valence-electron chi connectivity index (χ1n) is 4.49. The van der Waals surface area contributed by atoms with Gasteiger partial charge in [-0.15, -0.1) is 0 Å². The molecule has 12 heavy (non-hydrogen) atoms. The number of nitrogens with one attached hydrogen (secondary N) is 1. The second-order valence-electron chi connectivity index (χ2n) is 3.10. The van der Waals surface area contributed by atoms with E-state index in [9.17, 15) is 4.79 Å². The highest BCUT2D eigenvalue weighted by Gasteiger charge is 2.08. The van der Waals surface area contributed by atoms with Gasteiger partial charge >= 0.3 is 5.97 Å². The Morgan fingerprint density at radius 2 is 2.00 bits per heavy atom. The number of piperidine rings is 1. The van der Waals surface area contributed by atoms with Crippen LogP contribution in [-0.2, 0) is 4.79 Å². The van der Waals surface area contributed by atoms with E-state index in [-0.39, 0.29) is 6.42 Å².